The third-order valence-electron chi connectivity index (χ3n) is 4.42. The van der Waals surface area contributed by atoms with E-state index in [1.54, 1.807) is 35.8 Å². The van der Waals surface area contributed by atoms with Crippen LogP contribution in [0.1, 0.15) is 5.56 Å². The Bertz CT molecular complexity index is 1320. The molecule has 0 bridgehead atoms. The highest BCUT2D eigenvalue weighted by atomic mass is 32.1. The van der Waals surface area contributed by atoms with E-state index in [2.05, 4.69) is 25.6 Å². The monoisotopic (exact) mass is 474 g/mol. The van der Waals surface area contributed by atoms with Crippen molar-refractivity contribution in [3.05, 3.63) is 71.7 Å². The SMILES string of the molecule is Nc1ncncc1-c1nc(-c2cccc(NC(=O)Nc3ccc(F)c(C(F)(F)F)c3)c2)cs1. The second-order valence-corrected chi connectivity index (χ2v) is 7.57. The van der Waals surface area contributed by atoms with Crippen molar-refractivity contribution in [2.75, 3.05) is 16.4 Å². The van der Waals surface area contributed by atoms with Gasteiger partial charge in [-0.25, -0.2) is 24.1 Å². The third-order valence-corrected chi connectivity index (χ3v) is 5.30. The average molecular weight is 474 g/mol. The summed E-state index contributed by atoms with van der Waals surface area (Å²) in [7, 11) is 0. The number of hydrogen-bond donors (Lipinski definition) is 3. The van der Waals surface area contributed by atoms with Gasteiger partial charge < -0.3 is 16.4 Å². The zero-order chi connectivity index (χ0) is 23.6. The number of nitrogens with two attached hydrogens (primary N) is 1. The maximum Gasteiger partial charge on any atom is 0.419 e. The first kappa shape index (κ1) is 22.1. The average Bonchev–Trinajstić information content (AvgIpc) is 3.25. The van der Waals surface area contributed by atoms with Gasteiger partial charge in [-0.05, 0) is 30.3 Å². The molecule has 2 amide bonds. The lowest BCUT2D eigenvalue weighted by Gasteiger charge is -2.12. The van der Waals surface area contributed by atoms with E-state index in [-0.39, 0.29) is 5.69 Å². The fraction of sp³-hybridized carbons (Fsp3) is 0.0476. The Kier molecular flexibility index (Phi) is 5.92. The molecule has 4 rings (SSSR count). The number of nitrogens with zero attached hydrogens (tertiary/aromatic N) is 3. The van der Waals surface area contributed by atoms with E-state index in [0.29, 0.717) is 45.5 Å². The molecule has 0 aliphatic rings. The van der Waals surface area contributed by atoms with Gasteiger partial charge in [-0.2, -0.15) is 13.2 Å². The molecule has 2 aromatic carbocycles. The molecule has 4 N–H and O–H groups in total. The molecule has 0 atom stereocenters. The van der Waals surface area contributed by atoms with Crippen LogP contribution in [0.15, 0.2) is 60.4 Å². The molecular formula is C21H14F4N6OS. The molecule has 33 heavy (non-hydrogen) atoms. The Labute approximate surface area is 188 Å². The first-order valence-corrected chi connectivity index (χ1v) is 10.2. The van der Waals surface area contributed by atoms with Crippen molar-refractivity contribution >= 4 is 34.6 Å². The largest absolute Gasteiger partial charge is 0.419 e. The number of nitrogens with one attached hydrogen (secondary N) is 2. The number of rotatable bonds is 4. The van der Waals surface area contributed by atoms with Crippen LogP contribution in [-0.2, 0) is 6.18 Å². The van der Waals surface area contributed by atoms with Gasteiger partial charge in [-0.1, -0.05) is 12.1 Å². The van der Waals surface area contributed by atoms with Crippen molar-refractivity contribution in [2.24, 2.45) is 0 Å². The van der Waals surface area contributed by atoms with E-state index in [4.69, 9.17) is 5.73 Å². The van der Waals surface area contributed by atoms with Gasteiger partial charge in [0.25, 0.3) is 0 Å². The van der Waals surface area contributed by atoms with Crippen LogP contribution in [0.4, 0.5) is 39.5 Å². The number of thiazole rings is 1. The Morgan fingerprint density at radius 2 is 1.82 bits per heavy atom. The zero-order valence-corrected chi connectivity index (χ0v) is 17.3. The molecule has 0 fully saturated rings. The number of urea groups is 1. The summed E-state index contributed by atoms with van der Waals surface area (Å²) in [5.41, 5.74) is 6.47. The lowest BCUT2D eigenvalue weighted by atomic mass is 10.1. The van der Waals surface area contributed by atoms with Crippen LogP contribution < -0.4 is 16.4 Å². The van der Waals surface area contributed by atoms with Gasteiger partial charge in [-0.3, -0.25) is 0 Å². The Balaban J connectivity index is 1.49. The highest BCUT2D eigenvalue weighted by molar-refractivity contribution is 7.13. The fourth-order valence-corrected chi connectivity index (χ4v) is 3.75. The van der Waals surface area contributed by atoms with E-state index in [0.717, 1.165) is 6.07 Å². The number of amides is 2. The van der Waals surface area contributed by atoms with Crippen LogP contribution in [0.25, 0.3) is 21.8 Å². The highest BCUT2D eigenvalue weighted by Gasteiger charge is 2.34. The number of carbonyl (C=O) groups is 1. The Hall–Kier alpha value is -4.06. The van der Waals surface area contributed by atoms with Crippen LogP contribution in [0.2, 0.25) is 0 Å². The third kappa shape index (κ3) is 5.06. The summed E-state index contributed by atoms with van der Waals surface area (Å²) >= 11 is 1.34. The minimum atomic E-state index is -4.88. The summed E-state index contributed by atoms with van der Waals surface area (Å²) in [5.74, 6) is -1.12. The number of hydrogen-bond acceptors (Lipinski definition) is 6. The molecule has 0 aliphatic carbocycles. The molecule has 2 heterocycles. The predicted molar refractivity (Wildman–Crippen MR) is 117 cm³/mol. The van der Waals surface area contributed by atoms with E-state index < -0.39 is 23.6 Å². The molecule has 0 saturated carbocycles. The summed E-state index contributed by atoms with van der Waals surface area (Å²) in [6.07, 6.45) is -1.98. The van der Waals surface area contributed by atoms with Gasteiger partial charge in [0.1, 0.15) is 23.0 Å². The van der Waals surface area contributed by atoms with Gasteiger partial charge in [0, 0.05) is 28.5 Å². The number of halogens is 4. The molecule has 0 aliphatic heterocycles. The summed E-state index contributed by atoms with van der Waals surface area (Å²) in [4.78, 5) is 24.7. The lowest BCUT2D eigenvalue weighted by molar-refractivity contribution is -0.139. The highest BCUT2D eigenvalue weighted by Crippen LogP contribution is 2.33. The molecular weight excluding hydrogens is 460 g/mol. The van der Waals surface area contributed by atoms with Crippen molar-refractivity contribution in [3.63, 3.8) is 0 Å². The lowest BCUT2D eigenvalue weighted by Crippen LogP contribution is -2.20. The van der Waals surface area contributed by atoms with Gasteiger partial charge in [0.15, 0.2) is 0 Å². The summed E-state index contributed by atoms with van der Waals surface area (Å²) in [5, 5.41) is 7.22. The van der Waals surface area contributed by atoms with Gasteiger partial charge in [-0.15, -0.1) is 11.3 Å². The second-order valence-electron chi connectivity index (χ2n) is 6.71. The minimum absolute atomic E-state index is 0.204. The summed E-state index contributed by atoms with van der Waals surface area (Å²) in [6, 6.07) is 8.13. The van der Waals surface area contributed by atoms with Gasteiger partial charge in [0.05, 0.1) is 16.8 Å². The van der Waals surface area contributed by atoms with E-state index in [9.17, 15) is 22.4 Å². The maximum absolute atomic E-state index is 13.4. The second kappa shape index (κ2) is 8.82. The number of nitrogen functional groups attached to an aromatic ring is 1. The molecule has 12 heteroatoms. The van der Waals surface area contributed by atoms with Crippen molar-refractivity contribution < 1.29 is 22.4 Å². The summed E-state index contributed by atoms with van der Waals surface area (Å²) in [6.45, 7) is 0. The predicted octanol–water partition coefficient (Wildman–Crippen LogP) is 5.65. The van der Waals surface area contributed by atoms with Crippen LogP contribution in [0, 0.1) is 5.82 Å². The smallest absolute Gasteiger partial charge is 0.383 e. The number of carbonyl (C=O) groups excluding carboxylic acids is 1. The number of alkyl halides is 3. The van der Waals surface area contributed by atoms with Crippen LogP contribution in [0.5, 0.6) is 0 Å². The molecule has 168 valence electrons. The molecule has 0 spiro atoms. The van der Waals surface area contributed by atoms with E-state index in [1.165, 1.54) is 17.7 Å². The van der Waals surface area contributed by atoms with Crippen molar-refractivity contribution in [3.8, 4) is 21.8 Å². The van der Waals surface area contributed by atoms with E-state index >= 15 is 0 Å². The maximum atomic E-state index is 13.4. The molecule has 2 aromatic heterocycles. The van der Waals surface area contributed by atoms with Gasteiger partial charge >= 0.3 is 12.2 Å². The Morgan fingerprint density at radius 1 is 1.06 bits per heavy atom. The Morgan fingerprint density at radius 3 is 2.55 bits per heavy atom. The fourth-order valence-electron chi connectivity index (χ4n) is 2.90. The molecule has 0 saturated heterocycles. The van der Waals surface area contributed by atoms with Gasteiger partial charge in [0.2, 0.25) is 0 Å². The number of anilines is 3. The summed E-state index contributed by atoms with van der Waals surface area (Å²) < 4.78 is 52.0. The van der Waals surface area contributed by atoms with Crippen LogP contribution >= 0.6 is 11.3 Å². The number of aromatic nitrogens is 3. The quantitative estimate of drug-likeness (QED) is 0.332. The molecule has 0 unspecified atom stereocenters. The topological polar surface area (TPSA) is 106 Å². The first-order chi connectivity index (χ1) is 15.7. The van der Waals surface area contributed by atoms with Crippen molar-refractivity contribution in [2.45, 2.75) is 6.18 Å². The van der Waals surface area contributed by atoms with E-state index in [1.807, 2.05) is 0 Å². The normalized spacial score (nSPS) is 11.3. The first-order valence-electron chi connectivity index (χ1n) is 9.27. The minimum Gasteiger partial charge on any atom is -0.383 e. The zero-order valence-electron chi connectivity index (χ0n) is 16.5. The standard InChI is InChI=1S/C21H14F4N6OS/c22-16-5-4-13(7-15(16)21(23,24)25)30-20(32)29-12-3-1-2-11(6-12)17-9-33-19(31-17)14-8-27-10-28-18(14)26/h1-10H,(H2,26,27,28)(H2,29,30,32). The molecule has 7 nitrogen and oxygen atoms in total. The molecule has 4 aromatic rings. The molecule has 0 radical (unpaired) electrons. The number of benzene rings is 2. The van der Waals surface area contributed by atoms with Crippen LogP contribution in [0.3, 0.4) is 0 Å². The van der Waals surface area contributed by atoms with Crippen molar-refractivity contribution in [1.29, 1.82) is 0 Å². The van der Waals surface area contributed by atoms with Crippen LogP contribution in [-0.4, -0.2) is 21.0 Å². The van der Waals surface area contributed by atoms with Crippen molar-refractivity contribution in [1.82, 2.24) is 15.0 Å².